The Bertz CT molecular complexity index is 977. The van der Waals surface area contributed by atoms with Crippen LogP contribution in [0.1, 0.15) is 36.7 Å². The molecule has 0 aromatic heterocycles. The van der Waals surface area contributed by atoms with E-state index in [-0.39, 0.29) is 17.0 Å². The zero-order valence-electron chi connectivity index (χ0n) is 19.5. The van der Waals surface area contributed by atoms with E-state index in [0.717, 1.165) is 18.7 Å². The molecular weight excluding hydrogens is 418 g/mol. The molecule has 0 aliphatic carbocycles. The summed E-state index contributed by atoms with van der Waals surface area (Å²) in [5, 5.41) is 15.6. The predicted octanol–water partition coefficient (Wildman–Crippen LogP) is 2.89. The fourth-order valence-electron chi connectivity index (χ4n) is 3.61. The van der Waals surface area contributed by atoms with E-state index in [1.807, 2.05) is 57.2 Å². The maximum absolute atomic E-state index is 12.3. The SMILES string of the molecule is CC(C)(C)NC(=O)CN1CCN(C(=NCc2ccccc2)Nc2cccc(C(=O)O)c2)CC1. The number of nitrogens with zero attached hydrogens (tertiary/aromatic N) is 3. The molecule has 1 saturated heterocycles. The maximum atomic E-state index is 12.3. The first kappa shape index (κ1) is 24.3. The number of carboxylic acids is 1. The molecule has 0 atom stereocenters. The summed E-state index contributed by atoms with van der Waals surface area (Å²) in [7, 11) is 0. The summed E-state index contributed by atoms with van der Waals surface area (Å²) < 4.78 is 0. The number of rotatable bonds is 6. The topological polar surface area (TPSA) is 97.3 Å². The molecule has 2 aromatic rings. The number of nitrogens with one attached hydrogen (secondary N) is 2. The zero-order chi connectivity index (χ0) is 23.8. The Morgan fingerprint density at radius 2 is 1.70 bits per heavy atom. The summed E-state index contributed by atoms with van der Waals surface area (Å²) in [6.45, 7) is 9.70. The molecule has 0 spiro atoms. The van der Waals surface area contributed by atoms with Gasteiger partial charge in [-0.2, -0.15) is 0 Å². The molecule has 0 unspecified atom stereocenters. The standard InChI is InChI=1S/C25H33N5O3/c1-25(2,3)28-22(31)18-29-12-14-30(15-13-29)24(26-17-19-8-5-4-6-9-19)27-21-11-7-10-20(16-21)23(32)33/h4-11,16H,12-15,17-18H2,1-3H3,(H,26,27)(H,28,31)(H,32,33). The largest absolute Gasteiger partial charge is 0.478 e. The number of carboxylic acid groups (broad SMARTS) is 1. The molecule has 1 aliphatic heterocycles. The van der Waals surface area contributed by atoms with Crippen LogP contribution < -0.4 is 10.6 Å². The molecule has 33 heavy (non-hydrogen) atoms. The molecule has 1 heterocycles. The van der Waals surface area contributed by atoms with Crippen molar-refractivity contribution in [1.29, 1.82) is 0 Å². The minimum Gasteiger partial charge on any atom is -0.478 e. The number of amides is 1. The van der Waals surface area contributed by atoms with Gasteiger partial charge in [-0.3, -0.25) is 9.69 Å². The summed E-state index contributed by atoms with van der Waals surface area (Å²) in [6.07, 6.45) is 0. The Hall–Kier alpha value is -3.39. The summed E-state index contributed by atoms with van der Waals surface area (Å²) >= 11 is 0. The van der Waals surface area contributed by atoms with Crippen LogP contribution in [0.15, 0.2) is 59.6 Å². The van der Waals surface area contributed by atoms with Gasteiger partial charge in [-0.25, -0.2) is 9.79 Å². The van der Waals surface area contributed by atoms with Crippen LogP contribution in [-0.4, -0.2) is 71.0 Å². The van der Waals surface area contributed by atoms with E-state index < -0.39 is 5.97 Å². The van der Waals surface area contributed by atoms with Gasteiger partial charge in [0.15, 0.2) is 5.96 Å². The number of anilines is 1. The number of hydrogen-bond donors (Lipinski definition) is 3. The Labute approximate surface area is 195 Å². The summed E-state index contributed by atoms with van der Waals surface area (Å²) in [6, 6.07) is 16.7. The predicted molar refractivity (Wildman–Crippen MR) is 131 cm³/mol. The van der Waals surface area contributed by atoms with E-state index in [4.69, 9.17) is 4.99 Å². The van der Waals surface area contributed by atoms with Crippen molar-refractivity contribution in [1.82, 2.24) is 15.1 Å². The Morgan fingerprint density at radius 3 is 2.33 bits per heavy atom. The summed E-state index contributed by atoms with van der Waals surface area (Å²) in [4.78, 5) is 32.7. The zero-order valence-corrected chi connectivity index (χ0v) is 19.5. The third-order valence-electron chi connectivity index (χ3n) is 5.17. The number of aromatic carboxylic acids is 1. The highest BCUT2D eigenvalue weighted by molar-refractivity contribution is 5.95. The Kier molecular flexibility index (Phi) is 8.06. The van der Waals surface area contributed by atoms with Crippen LogP contribution in [0.5, 0.6) is 0 Å². The van der Waals surface area contributed by atoms with Crippen molar-refractivity contribution in [3.63, 3.8) is 0 Å². The molecule has 3 rings (SSSR count). The lowest BCUT2D eigenvalue weighted by Crippen LogP contribution is -2.53. The average molecular weight is 452 g/mol. The van der Waals surface area contributed by atoms with Gasteiger partial charge in [0.05, 0.1) is 18.7 Å². The lowest BCUT2D eigenvalue weighted by atomic mass is 10.1. The van der Waals surface area contributed by atoms with E-state index in [1.54, 1.807) is 18.2 Å². The van der Waals surface area contributed by atoms with Crippen molar-refractivity contribution >= 4 is 23.5 Å². The molecular formula is C25H33N5O3. The van der Waals surface area contributed by atoms with E-state index >= 15 is 0 Å². The number of guanidine groups is 1. The van der Waals surface area contributed by atoms with Gasteiger partial charge in [-0.1, -0.05) is 36.4 Å². The van der Waals surface area contributed by atoms with E-state index in [9.17, 15) is 14.7 Å². The average Bonchev–Trinajstić information content (AvgIpc) is 2.77. The number of benzene rings is 2. The number of carbonyl (C=O) groups is 2. The second kappa shape index (κ2) is 11.0. The van der Waals surface area contributed by atoms with Gasteiger partial charge in [-0.05, 0) is 44.5 Å². The lowest BCUT2D eigenvalue weighted by molar-refractivity contribution is -0.123. The van der Waals surface area contributed by atoms with Crippen LogP contribution in [0.4, 0.5) is 5.69 Å². The van der Waals surface area contributed by atoms with Gasteiger partial charge < -0.3 is 20.6 Å². The van der Waals surface area contributed by atoms with E-state index in [2.05, 4.69) is 20.4 Å². The highest BCUT2D eigenvalue weighted by Crippen LogP contribution is 2.14. The minimum atomic E-state index is -0.969. The first-order chi connectivity index (χ1) is 15.7. The Balaban J connectivity index is 1.69. The van der Waals surface area contributed by atoms with Crippen molar-refractivity contribution in [2.45, 2.75) is 32.9 Å². The van der Waals surface area contributed by atoms with Gasteiger partial charge in [-0.15, -0.1) is 0 Å². The van der Waals surface area contributed by atoms with Crippen LogP contribution in [0, 0.1) is 0 Å². The molecule has 0 bridgehead atoms. The molecule has 0 saturated carbocycles. The molecule has 1 aliphatic rings. The van der Waals surface area contributed by atoms with Gasteiger partial charge >= 0.3 is 5.97 Å². The maximum Gasteiger partial charge on any atom is 0.335 e. The molecule has 1 fully saturated rings. The van der Waals surface area contributed by atoms with Crippen molar-refractivity contribution in [3.05, 3.63) is 65.7 Å². The quantitative estimate of drug-likeness (QED) is 0.462. The molecule has 2 aromatic carbocycles. The fraction of sp³-hybridized carbons (Fsp3) is 0.400. The Morgan fingerprint density at radius 1 is 1.00 bits per heavy atom. The lowest BCUT2D eigenvalue weighted by Gasteiger charge is -2.36. The van der Waals surface area contributed by atoms with E-state index in [0.29, 0.717) is 37.8 Å². The summed E-state index contributed by atoms with van der Waals surface area (Å²) in [5.74, 6) is -0.249. The monoisotopic (exact) mass is 451 g/mol. The second-order valence-electron chi connectivity index (χ2n) is 9.20. The van der Waals surface area contributed by atoms with Gasteiger partial charge in [0, 0.05) is 37.4 Å². The van der Waals surface area contributed by atoms with Crippen molar-refractivity contribution in [2.24, 2.45) is 4.99 Å². The van der Waals surface area contributed by atoms with Gasteiger partial charge in [0.2, 0.25) is 5.91 Å². The van der Waals surface area contributed by atoms with E-state index in [1.165, 1.54) is 0 Å². The smallest absolute Gasteiger partial charge is 0.335 e. The summed E-state index contributed by atoms with van der Waals surface area (Å²) in [5.41, 5.74) is 1.74. The first-order valence-electron chi connectivity index (χ1n) is 11.2. The van der Waals surface area contributed by atoms with Crippen LogP contribution in [0.3, 0.4) is 0 Å². The number of hydrogen-bond acceptors (Lipinski definition) is 4. The van der Waals surface area contributed by atoms with Crippen LogP contribution in [-0.2, 0) is 11.3 Å². The fourth-order valence-corrected chi connectivity index (χ4v) is 3.61. The van der Waals surface area contributed by atoms with Gasteiger partial charge in [0.1, 0.15) is 0 Å². The van der Waals surface area contributed by atoms with Gasteiger partial charge in [0.25, 0.3) is 0 Å². The number of piperazine rings is 1. The molecule has 1 amide bonds. The van der Waals surface area contributed by atoms with Crippen molar-refractivity contribution < 1.29 is 14.7 Å². The van der Waals surface area contributed by atoms with Crippen LogP contribution >= 0.6 is 0 Å². The third-order valence-corrected chi connectivity index (χ3v) is 5.17. The van der Waals surface area contributed by atoms with Crippen LogP contribution in [0.25, 0.3) is 0 Å². The second-order valence-corrected chi connectivity index (χ2v) is 9.20. The van der Waals surface area contributed by atoms with Crippen molar-refractivity contribution in [2.75, 3.05) is 38.0 Å². The number of carbonyl (C=O) groups excluding carboxylic acids is 1. The minimum absolute atomic E-state index is 0.0255. The highest BCUT2D eigenvalue weighted by Gasteiger charge is 2.23. The first-order valence-corrected chi connectivity index (χ1v) is 11.2. The third kappa shape index (κ3) is 7.91. The molecule has 176 valence electrons. The molecule has 8 heteroatoms. The number of aliphatic imine (C=N–C) groups is 1. The normalized spacial score (nSPS) is 15.2. The van der Waals surface area contributed by atoms with Crippen molar-refractivity contribution in [3.8, 4) is 0 Å². The highest BCUT2D eigenvalue weighted by atomic mass is 16.4. The molecule has 8 nitrogen and oxygen atoms in total. The molecule has 0 radical (unpaired) electrons. The van der Waals surface area contributed by atoms with Crippen LogP contribution in [0.2, 0.25) is 0 Å². The molecule has 3 N–H and O–H groups in total.